The maximum absolute atomic E-state index is 12.3. The van der Waals surface area contributed by atoms with Gasteiger partial charge in [0.15, 0.2) is 0 Å². The first-order valence-electron chi connectivity index (χ1n) is 6.62. The lowest BCUT2D eigenvalue weighted by molar-refractivity contribution is -0.139. The fourth-order valence-corrected chi connectivity index (χ4v) is 2.84. The quantitative estimate of drug-likeness (QED) is 0.913. The molecule has 1 aromatic rings. The van der Waals surface area contributed by atoms with Gasteiger partial charge in [0.1, 0.15) is 0 Å². The zero-order valence-electron chi connectivity index (χ0n) is 11.4. The van der Waals surface area contributed by atoms with E-state index in [9.17, 15) is 9.59 Å². The minimum absolute atomic E-state index is 0.0123. The van der Waals surface area contributed by atoms with Gasteiger partial charge >= 0.3 is 5.97 Å². The topological polar surface area (TPSA) is 60.9 Å². The minimum Gasteiger partial charge on any atom is -0.480 e. The molecule has 0 radical (unpaired) electrons. The number of piperazine rings is 1. The molecule has 1 aliphatic rings. The first-order chi connectivity index (χ1) is 9.97. The van der Waals surface area contributed by atoms with E-state index in [1.807, 2.05) is 4.90 Å². The van der Waals surface area contributed by atoms with Crippen LogP contribution in [-0.2, 0) is 16.0 Å². The molecule has 1 aliphatic heterocycles. The van der Waals surface area contributed by atoms with Gasteiger partial charge in [-0.05, 0) is 17.7 Å². The summed E-state index contributed by atoms with van der Waals surface area (Å²) in [4.78, 5) is 26.5. The third-order valence-corrected chi connectivity index (χ3v) is 4.18. The largest absolute Gasteiger partial charge is 0.480 e. The smallest absolute Gasteiger partial charge is 0.317 e. The summed E-state index contributed by atoms with van der Waals surface area (Å²) in [6.45, 7) is 2.18. The molecule has 0 atom stereocenters. The number of benzene rings is 1. The summed E-state index contributed by atoms with van der Waals surface area (Å²) in [5, 5.41) is 9.72. The van der Waals surface area contributed by atoms with Gasteiger partial charge < -0.3 is 10.0 Å². The Kier molecular flexibility index (Phi) is 5.45. The molecule has 1 aromatic carbocycles. The molecule has 1 heterocycles. The molecule has 0 saturated carbocycles. The molecule has 0 aliphatic carbocycles. The van der Waals surface area contributed by atoms with Crippen LogP contribution in [0.15, 0.2) is 18.2 Å². The van der Waals surface area contributed by atoms with Crippen LogP contribution in [0.3, 0.4) is 0 Å². The van der Waals surface area contributed by atoms with Gasteiger partial charge in [0.05, 0.1) is 13.0 Å². The Bertz CT molecular complexity index is 523. The van der Waals surface area contributed by atoms with E-state index in [1.165, 1.54) is 0 Å². The van der Waals surface area contributed by atoms with Crippen molar-refractivity contribution in [2.24, 2.45) is 0 Å². The highest BCUT2D eigenvalue weighted by atomic mass is 35.5. The zero-order chi connectivity index (χ0) is 15.4. The van der Waals surface area contributed by atoms with E-state index in [-0.39, 0.29) is 18.9 Å². The lowest BCUT2D eigenvalue weighted by atomic mass is 10.1. The predicted molar refractivity (Wildman–Crippen MR) is 80.8 cm³/mol. The summed E-state index contributed by atoms with van der Waals surface area (Å²) in [6, 6.07) is 5.16. The van der Waals surface area contributed by atoms with Gasteiger partial charge in [-0.1, -0.05) is 29.3 Å². The molecule has 0 unspecified atom stereocenters. The van der Waals surface area contributed by atoms with Crippen molar-refractivity contribution in [1.82, 2.24) is 9.80 Å². The number of rotatable bonds is 4. The molecule has 0 bridgehead atoms. The number of carbonyl (C=O) groups is 2. The Balaban J connectivity index is 1.92. The van der Waals surface area contributed by atoms with Crippen LogP contribution in [0.5, 0.6) is 0 Å². The van der Waals surface area contributed by atoms with Crippen molar-refractivity contribution < 1.29 is 14.7 Å². The number of hydrogen-bond acceptors (Lipinski definition) is 3. The van der Waals surface area contributed by atoms with E-state index < -0.39 is 5.97 Å². The van der Waals surface area contributed by atoms with E-state index in [0.717, 1.165) is 0 Å². The SMILES string of the molecule is O=C(O)CN1CCN(C(=O)Cc2c(Cl)cccc2Cl)CC1. The lowest BCUT2D eigenvalue weighted by Gasteiger charge is -2.34. The molecule has 2 rings (SSSR count). The molecule has 7 heteroatoms. The van der Waals surface area contributed by atoms with E-state index in [1.54, 1.807) is 23.1 Å². The molecular formula is C14H16Cl2N2O3. The third kappa shape index (κ3) is 4.33. The summed E-state index contributed by atoms with van der Waals surface area (Å²) in [5.74, 6) is -0.891. The zero-order valence-corrected chi connectivity index (χ0v) is 12.9. The second-order valence-corrected chi connectivity index (χ2v) is 5.74. The molecule has 0 aromatic heterocycles. The van der Waals surface area contributed by atoms with Crippen molar-refractivity contribution in [2.75, 3.05) is 32.7 Å². The lowest BCUT2D eigenvalue weighted by Crippen LogP contribution is -2.50. The van der Waals surface area contributed by atoms with Gasteiger partial charge in [-0.25, -0.2) is 0 Å². The summed E-state index contributed by atoms with van der Waals surface area (Å²) >= 11 is 12.1. The Morgan fingerprint density at radius 1 is 1.10 bits per heavy atom. The highest BCUT2D eigenvalue weighted by Gasteiger charge is 2.23. The maximum Gasteiger partial charge on any atom is 0.317 e. The second-order valence-electron chi connectivity index (χ2n) is 4.93. The van der Waals surface area contributed by atoms with Gasteiger partial charge in [-0.2, -0.15) is 0 Å². The van der Waals surface area contributed by atoms with Crippen molar-refractivity contribution in [3.05, 3.63) is 33.8 Å². The maximum atomic E-state index is 12.3. The van der Waals surface area contributed by atoms with Crippen molar-refractivity contribution in [2.45, 2.75) is 6.42 Å². The standard InChI is InChI=1S/C14H16Cl2N2O3/c15-11-2-1-3-12(16)10(11)8-13(19)18-6-4-17(5-7-18)9-14(20)21/h1-3H,4-9H2,(H,20,21). The van der Waals surface area contributed by atoms with Gasteiger partial charge in [0, 0.05) is 36.2 Å². The Labute approximate surface area is 133 Å². The monoisotopic (exact) mass is 330 g/mol. The number of carboxylic acids is 1. The number of hydrogen-bond donors (Lipinski definition) is 1. The molecule has 5 nitrogen and oxygen atoms in total. The van der Waals surface area contributed by atoms with E-state index in [4.69, 9.17) is 28.3 Å². The molecule has 21 heavy (non-hydrogen) atoms. The molecule has 1 N–H and O–H groups in total. The van der Waals surface area contributed by atoms with Gasteiger partial charge in [0.2, 0.25) is 5.91 Å². The molecule has 1 amide bonds. The van der Waals surface area contributed by atoms with Gasteiger partial charge in [-0.3, -0.25) is 14.5 Å². The van der Waals surface area contributed by atoms with Crippen molar-refractivity contribution in [3.8, 4) is 0 Å². The predicted octanol–water partition coefficient (Wildman–Crippen LogP) is 1.76. The molecular weight excluding hydrogens is 315 g/mol. The highest BCUT2D eigenvalue weighted by Crippen LogP contribution is 2.25. The second kappa shape index (κ2) is 7.11. The van der Waals surface area contributed by atoms with Gasteiger partial charge in [-0.15, -0.1) is 0 Å². The van der Waals surface area contributed by atoms with E-state index >= 15 is 0 Å². The first-order valence-corrected chi connectivity index (χ1v) is 7.38. The van der Waals surface area contributed by atoms with E-state index in [0.29, 0.717) is 41.8 Å². The van der Waals surface area contributed by atoms with Gasteiger partial charge in [0.25, 0.3) is 0 Å². The fourth-order valence-electron chi connectivity index (χ4n) is 2.31. The number of halogens is 2. The average molecular weight is 331 g/mol. The average Bonchev–Trinajstić information content (AvgIpc) is 2.43. The van der Waals surface area contributed by atoms with Crippen LogP contribution < -0.4 is 0 Å². The van der Waals surface area contributed by atoms with Crippen LogP contribution in [-0.4, -0.2) is 59.5 Å². The Morgan fingerprint density at radius 3 is 2.19 bits per heavy atom. The molecule has 0 spiro atoms. The minimum atomic E-state index is -0.849. The van der Waals surface area contributed by atoms with Crippen molar-refractivity contribution in [3.63, 3.8) is 0 Å². The number of nitrogens with zero attached hydrogens (tertiary/aromatic N) is 2. The van der Waals surface area contributed by atoms with Crippen molar-refractivity contribution >= 4 is 35.1 Å². The molecule has 1 saturated heterocycles. The third-order valence-electron chi connectivity index (χ3n) is 3.47. The highest BCUT2D eigenvalue weighted by molar-refractivity contribution is 6.36. The Morgan fingerprint density at radius 2 is 1.67 bits per heavy atom. The molecule has 1 fully saturated rings. The van der Waals surface area contributed by atoms with Crippen LogP contribution in [0.25, 0.3) is 0 Å². The Hall–Kier alpha value is -1.30. The number of carbonyl (C=O) groups excluding carboxylic acids is 1. The summed E-state index contributed by atoms with van der Waals surface area (Å²) in [7, 11) is 0. The van der Waals surface area contributed by atoms with Crippen LogP contribution >= 0.6 is 23.2 Å². The summed E-state index contributed by atoms with van der Waals surface area (Å²) < 4.78 is 0. The molecule has 114 valence electrons. The number of aliphatic carboxylic acids is 1. The summed E-state index contributed by atoms with van der Waals surface area (Å²) in [5.41, 5.74) is 0.638. The van der Waals surface area contributed by atoms with Crippen LogP contribution in [0, 0.1) is 0 Å². The number of amides is 1. The number of carboxylic acid groups (broad SMARTS) is 1. The van der Waals surface area contributed by atoms with E-state index in [2.05, 4.69) is 0 Å². The van der Waals surface area contributed by atoms with Crippen LogP contribution in [0.4, 0.5) is 0 Å². The summed E-state index contributed by atoms with van der Waals surface area (Å²) in [6.07, 6.45) is 0.164. The first kappa shape index (κ1) is 16.1. The van der Waals surface area contributed by atoms with Crippen LogP contribution in [0.2, 0.25) is 10.0 Å². The van der Waals surface area contributed by atoms with Crippen molar-refractivity contribution in [1.29, 1.82) is 0 Å². The normalized spacial score (nSPS) is 16.0. The fraction of sp³-hybridized carbons (Fsp3) is 0.429. The van der Waals surface area contributed by atoms with Crippen LogP contribution in [0.1, 0.15) is 5.56 Å².